The maximum atomic E-state index is 12.5. The zero-order valence-electron chi connectivity index (χ0n) is 14.0. The molecule has 1 amide bonds. The van der Waals surface area contributed by atoms with Crippen molar-refractivity contribution in [3.8, 4) is 0 Å². The van der Waals surface area contributed by atoms with Crippen LogP contribution in [-0.2, 0) is 11.8 Å². The van der Waals surface area contributed by atoms with Crippen molar-refractivity contribution in [2.75, 3.05) is 5.32 Å². The Morgan fingerprint density at radius 2 is 2.25 bits per heavy atom. The maximum absolute atomic E-state index is 12.5. The number of anilines is 1. The lowest BCUT2D eigenvalue weighted by Crippen LogP contribution is -2.14. The fourth-order valence-electron chi connectivity index (χ4n) is 2.99. The summed E-state index contributed by atoms with van der Waals surface area (Å²) in [7, 11) is 1.90. The first-order chi connectivity index (χ1) is 11.5. The van der Waals surface area contributed by atoms with Crippen molar-refractivity contribution in [3.05, 3.63) is 41.2 Å². The second-order valence-corrected chi connectivity index (χ2v) is 7.84. The minimum absolute atomic E-state index is 0.0533. The van der Waals surface area contributed by atoms with Crippen molar-refractivity contribution in [1.82, 2.24) is 14.8 Å². The van der Waals surface area contributed by atoms with Crippen LogP contribution in [0.25, 0.3) is 10.2 Å². The van der Waals surface area contributed by atoms with Crippen molar-refractivity contribution < 1.29 is 4.79 Å². The van der Waals surface area contributed by atoms with Crippen LogP contribution in [0.3, 0.4) is 0 Å². The normalized spacial score (nSPS) is 19.8. The Hall–Kier alpha value is -2.21. The molecule has 2 aromatic heterocycles. The lowest BCUT2D eigenvalue weighted by atomic mass is 10.2. The number of amides is 1. The van der Waals surface area contributed by atoms with Crippen molar-refractivity contribution in [3.63, 3.8) is 0 Å². The number of benzene rings is 1. The van der Waals surface area contributed by atoms with Crippen LogP contribution in [0.1, 0.15) is 42.7 Å². The summed E-state index contributed by atoms with van der Waals surface area (Å²) in [6.45, 7) is 4.29. The molecule has 1 aliphatic rings. The summed E-state index contributed by atoms with van der Waals surface area (Å²) < 4.78 is 2.91. The summed E-state index contributed by atoms with van der Waals surface area (Å²) in [4.78, 5) is 17.1. The fraction of sp³-hybridized carbons (Fsp3) is 0.389. The summed E-state index contributed by atoms with van der Waals surface area (Å²) in [6.07, 6.45) is 4.75. The number of nitrogens with one attached hydrogen (secondary N) is 1. The summed E-state index contributed by atoms with van der Waals surface area (Å²) in [5.74, 6) is 0.875. The van der Waals surface area contributed by atoms with Gasteiger partial charge in [-0.05, 0) is 36.1 Å². The van der Waals surface area contributed by atoms with E-state index in [9.17, 15) is 4.79 Å². The Morgan fingerprint density at radius 3 is 2.96 bits per heavy atom. The zero-order chi connectivity index (χ0) is 16.8. The second-order valence-electron chi connectivity index (χ2n) is 6.77. The number of carbonyl (C=O) groups is 1. The summed E-state index contributed by atoms with van der Waals surface area (Å²) in [5.41, 5.74) is 3.00. The highest BCUT2D eigenvalue weighted by molar-refractivity contribution is 7.18. The molecule has 1 aromatic carbocycles. The number of fused-ring (bicyclic) bond motifs is 1. The zero-order valence-corrected chi connectivity index (χ0v) is 14.8. The minimum Gasteiger partial charge on any atom is -0.326 e. The molecule has 124 valence electrons. The lowest BCUT2D eigenvalue weighted by molar-refractivity contribution is -0.117. The standard InChI is InChI=1S/C18H20N4OS/c1-10(2)18-21-15-5-4-12(6-16(15)24-18)20-17(23)14-7-13(14)11-8-19-22(3)9-11/h4-6,8-10,13-14H,7H2,1-3H3,(H,20,23)/t13-,14-/m0/s1. The Balaban J connectivity index is 1.47. The molecule has 0 spiro atoms. The van der Waals surface area contributed by atoms with Gasteiger partial charge in [-0.1, -0.05) is 13.8 Å². The molecule has 6 heteroatoms. The first kappa shape index (κ1) is 15.3. The van der Waals surface area contributed by atoms with E-state index in [4.69, 9.17) is 0 Å². The van der Waals surface area contributed by atoms with Gasteiger partial charge in [0, 0.05) is 30.8 Å². The van der Waals surface area contributed by atoms with E-state index in [1.165, 1.54) is 0 Å². The summed E-state index contributed by atoms with van der Waals surface area (Å²) in [5, 5.41) is 8.37. The van der Waals surface area contributed by atoms with Gasteiger partial charge >= 0.3 is 0 Å². The highest BCUT2D eigenvalue weighted by Gasteiger charge is 2.44. The largest absolute Gasteiger partial charge is 0.326 e. The molecule has 4 rings (SSSR count). The molecular formula is C18H20N4OS. The third-order valence-electron chi connectivity index (χ3n) is 4.45. The van der Waals surface area contributed by atoms with Gasteiger partial charge in [0.1, 0.15) is 0 Å². The topological polar surface area (TPSA) is 59.8 Å². The highest BCUT2D eigenvalue weighted by Crippen LogP contribution is 2.47. The quantitative estimate of drug-likeness (QED) is 0.784. The Labute approximate surface area is 144 Å². The number of rotatable bonds is 4. The van der Waals surface area contributed by atoms with Gasteiger partial charge in [0.2, 0.25) is 5.91 Å². The van der Waals surface area contributed by atoms with E-state index in [2.05, 4.69) is 29.2 Å². The number of hydrogen-bond donors (Lipinski definition) is 1. The average molecular weight is 340 g/mol. The van der Waals surface area contributed by atoms with Gasteiger partial charge in [-0.3, -0.25) is 9.48 Å². The van der Waals surface area contributed by atoms with Crippen molar-refractivity contribution in [2.24, 2.45) is 13.0 Å². The van der Waals surface area contributed by atoms with Crippen molar-refractivity contribution in [2.45, 2.75) is 32.1 Å². The summed E-state index contributed by atoms with van der Waals surface area (Å²) in [6, 6.07) is 5.95. The minimum atomic E-state index is 0.0533. The molecule has 5 nitrogen and oxygen atoms in total. The molecule has 0 aliphatic heterocycles. The highest BCUT2D eigenvalue weighted by atomic mass is 32.1. The van der Waals surface area contributed by atoms with Crippen molar-refractivity contribution in [1.29, 1.82) is 0 Å². The van der Waals surface area contributed by atoms with Crippen LogP contribution in [0, 0.1) is 5.92 Å². The van der Waals surface area contributed by atoms with Gasteiger partial charge in [-0.25, -0.2) is 4.98 Å². The van der Waals surface area contributed by atoms with Gasteiger partial charge < -0.3 is 5.32 Å². The molecule has 2 heterocycles. The van der Waals surface area contributed by atoms with Crippen LogP contribution in [0.15, 0.2) is 30.6 Å². The first-order valence-electron chi connectivity index (χ1n) is 8.21. The van der Waals surface area contributed by atoms with Crippen LogP contribution >= 0.6 is 11.3 Å². The van der Waals surface area contributed by atoms with Gasteiger partial charge in [0.15, 0.2) is 0 Å². The number of aromatic nitrogens is 3. The number of hydrogen-bond acceptors (Lipinski definition) is 4. The van der Waals surface area contributed by atoms with Crippen LogP contribution < -0.4 is 5.32 Å². The van der Waals surface area contributed by atoms with E-state index in [0.29, 0.717) is 11.8 Å². The third kappa shape index (κ3) is 2.82. The predicted octanol–water partition coefficient (Wildman–Crippen LogP) is 3.90. The average Bonchev–Trinajstić information content (AvgIpc) is 3.04. The molecule has 24 heavy (non-hydrogen) atoms. The number of thiazole rings is 1. The number of aryl methyl sites for hydroxylation is 1. The van der Waals surface area contributed by atoms with E-state index in [0.717, 1.165) is 32.9 Å². The van der Waals surface area contributed by atoms with Gasteiger partial charge in [0.25, 0.3) is 0 Å². The smallest absolute Gasteiger partial charge is 0.228 e. The third-order valence-corrected chi connectivity index (χ3v) is 5.77. The van der Waals surface area contributed by atoms with E-state index in [1.54, 1.807) is 16.0 Å². The molecule has 3 aromatic rings. The number of nitrogens with zero attached hydrogens (tertiary/aromatic N) is 3. The molecule has 1 N–H and O–H groups in total. The lowest BCUT2D eigenvalue weighted by Gasteiger charge is -2.04. The van der Waals surface area contributed by atoms with Crippen molar-refractivity contribution >= 4 is 33.1 Å². The molecule has 0 saturated heterocycles. The molecule has 1 saturated carbocycles. The molecule has 0 unspecified atom stereocenters. The Kier molecular flexibility index (Phi) is 3.64. The van der Waals surface area contributed by atoms with Crippen LogP contribution in [-0.4, -0.2) is 20.7 Å². The van der Waals surface area contributed by atoms with Gasteiger partial charge in [-0.15, -0.1) is 11.3 Å². The molecular weight excluding hydrogens is 320 g/mol. The van der Waals surface area contributed by atoms with E-state index >= 15 is 0 Å². The predicted molar refractivity (Wildman–Crippen MR) is 96.4 cm³/mol. The van der Waals surface area contributed by atoms with Crippen LogP contribution in [0.5, 0.6) is 0 Å². The first-order valence-corrected chi connectivity index (χ1v) is 9.03. The Morgan fingerprint density at radius 1 is 1.42 bits per heavy atom. The SMILES string of the molecule is CC(C)c1nc2ccc(NC(=O)[C@H]3C[C@H]3c3cnn(C)c3)cc2s1. The van der Waals surface area contributed by atoms with Gasteiger partial charge in [-0.2, -0.15) is 5.10 Å². The van der Waals surface area contributed by atoms with E-state index in [1.807, 2.05) is 37.6 Å². The monoisotopic (exact) mass is 340 g/mol. The maximum Gasteiger partial charge on any atom is 0.228 e. The molecule has 0 bridgehead atoms. The van der Waals surface area contributed by atoms with E-state index < -0.39 is 0 Å². The van der Waals surface area contributed by atoms with Crippen LogP contribution in [0.4, 0.5) is 5.69 Å². The number of carbonyl (C=O) groups excluding carboxylic acids is 1. The van der Waals surface area contributed by atoms with E-state index in [-0.39, 0.29) is 11.8 Å². The fourth-order valence-corrected chi connectivity index (χ4v) is 4.00. The molecule has 1 aliphatic carbocycles. The Bertz CT molecular complexity index is 911. The van der Waals surface area contributed by atoms with Gasteiger partial charge in [0.05, 0.1) is 21.4 Å². The molecule has 1 fully saturated rings. The van der Waals surface area contributed by atoms with Crippen LogP contribution in [0.2, 0.25) is 0 Å². The summed E-state index contributed by atoms with van der Waals surface area (Å²) >= 11 is 1.70. The second kappa shape index (κ2) is 5.70. The molecule has 2 atom stereocenters. The molecule has 0 radical (unpaired) electrons.